The van der Waals surface area contributed by atoms with Crippen LogP contribution >= 0.6 is 15.9 Å². The molecule has 0 radical (unpaired) electrons. The third kappa shape index (κ3) is 10.8. The van der Waals surface area contributed by atoms with Gasteiger partial charge in [-0.15, -0.1) is 0 Å². The first-order valence-corrected chi connectivity index (χ1v) is 14.4. The van der Waals surface area contributed by atoms with E-state index in [0.29, 0.717) is 24.8 Å². The Labute approximate surface area is 249 Å². The lowest BCUT2D eigenvalue weighted by atomic mass is 10.1. The standard InChI is InChI=1S/C25H29BrN4O4.C3H8.C2H6.CH4/c1-25(2,3)34-24(31)30-10-8-18(9-11-30)33-22-14-21-16(12-20(22)26)15-27-23(29-21)28-17-6-5-7-19(13-17)32-4;1-3-2;1-2;/h5-7,12-15,18H,8-11H2,1-4H3,(H,27,28,29);3H2,1-2H3;1-2H3;1H4. The number of piperidine rings is 1. The number of fused-ring (bicyclic) bond motifs is 1. The number of anilines is 2. The lowest BCUT2D eigenvalue weighted by Crippen LogP contribution is -2.44. The van der Waals surface area contributed by atoms with Gasteiger partial charge in [0.1, 0.15) is 23.2 Å². The third-order valence-corrected chi connectivity index (χ3v) is 5.97. The van der Waals surface area contributed by atoms with Crippen LogP contribution in [0.4, 0.5) is 16.4 Å². The molecule has 0 spiro atoms. The number of benzene rings is 2. The number of aromatic nitrogens is 2. The zero-order valence-electron chi connectivity index (χ0n) is 24.5. The van der Waals surface area contributed by atoms with Gasteiger partial charge in [0.2, 0.25) is 5.95 Å². The van der Waals surface area contributed by atoms with Crippen molar-refractivity contribution in [1.82, 2.24) is 14.9 Å². The van der Waals surface area contributed by atoms with Crippen molar-refractivity contribution >= 4 is 44.6 Å². The molecule has 2 heterocycles. The van der Waals surface area contributed by atoms with Gasteiger partial charge in [0.05, 0.1) is 17.1 Å². The number of rotatable bonds is 5. The number of likely N-dealkylation sites (tertiary alicyclic amines) is 1. The Balaban J connectivity index is 0.00000125. The van der Waals surface area contributed by atoms with Gasteiger partial charge in [0, 0.05) is 55.3 Å². The molecule has 1 saturated heterocycles. The first kappa shape index (κ1) is 35.0. The molecule has 1 fully saturated rings. The number of nitrogens with zero attached hydrogens (tertiary/aromatic N) is 3. The fraction of sp³-hybridized carbons (Fsp3) is 0.516. The topological polar surface area (TPSA) is 85.8 Å². The Kier molecular flexibility index (Phi) is 14.8. The molecule has 40 heavy (non-hydrogen) atoms. The Morgan fingerprint density at radius 2 is 1.77 bits per heavy atom. The Morgan fingerprint density at radius 3 is 2.38 bits per heavy atom. The fourth-order valence-corrected chi connectivity index (χ4v) is 4.13. The fourth-order valence-electron chi connectivity index (χ4n) is 3.67. The van der Waals surface area contributed by atoms with Crippen LogP contribution in [0.25, 0.3) is 10.9 Å². The van der Waals surface area contributed by atoms with Crippen LogP contribution in [-0.4, -0.2) is 52.9 Å². The summed E-state index contributed by atoms with van der Waals surface area (Å²) in [5, 5.41) is 4.11. The molecule has 0 aliphatic carbocycles. The highest BCUT2D eigenvalue weighted by Gasteiger charge is 2.28. The number of ether oxygens (including phenoxy) is 3. The molecule has 1 aliphatic rings. The van der Waals surface area contributed by atoms with Crippen LogP contribution in [-0.2, 0) is 4.74 Å². The van der Waals surface area contributed by atoms with E-state index in [1.807, 2.05) is 71.0 Å². The largest absolute Gasteiger partial charge is 0.497 e. The average Bonchev–Trinajstić information content (AvgIpc) is 2.90. The van der Waals surface area contributed by atoms with E-state index in [1.165, 1.54) is 6.42 Å². The summed E-state index contributed by atoms with van der Waals surface area (Å²) in [5.41, 5.74) is 1.11. The molecule has 1 amide bonds. The Bertz CT molecular complexity index is 1190. The van der Waals surface area contributed by atoms with Crippen molar-refractivity contribution in [2.24, 2.45) is 0 Å². The highest BCUT2D eigenvalue weighted by molar-refractivity contribution is 9.10. The van der Waals surface area contributed by atoms with Crippen LogP contribution in [0.2, 0.25) is 0 Å². The van der Waals surface area contributed by atoms with Gasteiger partial charge in [-0.3, -0.25) is 0 Å². The van der Waals surface area contributed by atoms with Crippen LogP contribution in [0.5, 0.6) is 11.5 Å². The highest BCUT2D eigenvalue weighted by Crippen LogP contribution is 2.32. The normalized spacial score (nSPS) is 13.1. The smallest absolute Gasteiger partial charge is 0.410 e. The first-order chi connectivity index (χ1) is 18.6. The molecule has 9 heteroatoms. The van der Waals surface area contributed by atoms with Gasteiger partial charge in [-0.1, -0.05) is 47.6 Å². The molecule has 0 unspecified atom stereocenters. The number of hydrogen-bond acceptors (Lipinski definition) is 7. The lowest BCUT2D eigenvalue weighted by molar-refractivity contribution is 0.0126. The summed E-state index contributed by atoms with van der Waals surface area (Å²) in [6.07, 6.45) is 4.22. The number of amides is 1. The number of carbonyl (C=O) groups excluding carboxylic acids is 1. The van der Waals surface area contributed by atoms with E-state index < -0.39 is 5.60 Å². The van der Waals surface area contributed by atoms with Gasteiger partial charge in [-0.2, -0.15) is 0 Å². The molecule has 4 rings (SSSR count). The second-order valence-corrected chi connectivity index (χ2v) is 10.7. The van der Waals surface area contributed by atoms with Crippen LogP contribution in [0, 0.1) is 0 Å². The van der Waals surface area contributed by atoms with E-state index in [2.05, 4.69) is 45.1 Å². The van der Waals surface area contributed by atoms with Gasteiger partial charge in [0.15, 0.2) is 0 Å². The number of halogens is 1. The molecule has 0 atom stereocenters. The minimum absolute atomic E-state index is 0. The quantitative estimate of drug-likeness (QED) is 0.305. The van der Waals surface area contributed by atoms with Gasteiger partial charge >= 0.3 is 6.09 Å². The second-order valence-electron chi connectivity index (χ2n) is 9.88. The van der Waals surface area contributed by atoms with Crippen molar-refractivity contribution in [2.75, 3.05) is 25.5 Å². The van der Waals surface area contributed by atoms with Crippen molar-refractivity contribution in [2.45, 2.75) is 86.9 Å². The van der Waals surface area contributed by atoms with E-state index in [0.717, 1.165) is 39.7 Å². The molecule has 8 nitrogen and oxygen atoms in total. The monoisotopic (exact) mass is 618 g/mol. The predicted octanol–water partition coefficient (Wildman–Crippen LogP) is 9.00. The van der Waals surface area contributed by atoms with Crippen LogP contribution in [0.1, 0.15) is 75.2 Å². The van der Waals surface area contributed by atoms with Gasteiger partial charge in [0.25, 0.3) is 0 Å². The lowest BCUT2D eigenvalue weighted by Gasteiger charge is -2.33. The van der Waals surface area contributed by atoms with Crippen molar-refractivity contribution in [3.63, 3.8) is 0 Å². The summed E-state index contributed by atoms with van der Waals surface area (Å²) in [5.74, 6) is 1.96. The average molecular weight is 620 g/mol. The summed E-state index contributed by atoms with van der Waals surface area (Å²) in [6, 6.07) is 11.5. The summed E-state index contributed by atoms with van der Waals surface area (Å²) in [7, 11) is 1.63. The van der Waals surface area contributed by atoms with E-state index in [1.54, 1.807) is 18.2 Å². The minimum atomic E-state index is -0.497. The third-order valence-electron chi connectivity index (χ3n) is 5.35. The summed E-state index contributed by atoms with van der Waals surface area (Å²) < 4.78 is 17.9. The van der Waals surface area contributed by atoms with Crippen LogP contribution in [0.15, 0.2) is 47.1 Å². The van der Waals surface area contributed by atoms with Crippen molar-refractivity contribution in [3.8, 4) is 11.5 Å². The molecular weight excluding hydrogens is 572 g/mol. The molecular formula is C31H47BrN4O4. The molecule has 2 aromatic carbocycles. The summed E-state index contributed by atoms with van der Waals surface area (Å²) >= 11 is 3.61. The number of methoxy groups -OCH3 is 1. The van der Waals surface area contributed by atoms with Crippen molar-refractivity contribution in [3.05, 3.63) is 47.1 Å². The van der Waals surface area contributed by atoms with Crippen LogP contribution < -0.4 is 14.8 Å². The van der Waals surface area contributed by atoms with E-state index in [-0.39, 0.29) is 19.6 Å². The maximum atomic E-state index is 12.3. The molecule has 3 aromatic rings. The first-order valence-electron chi connectivity index (χ1n) is 13.6. The Hall–Kier alpha value is -3.07. The highest BCUT2D eigenvalue weighted by atomic mass is 79.9. The maximum Gasteiger partial charge on any atom is 0.410 e. The number of nitrogens with one attached hydrogen (secondary N) is 1. The van der Waals surface area contributed by atoms with Gasteiger partial charge in [-0.25, -0.2) is 14.8 Å². The second kappa shape index (κ2) is 16.9. The SMILES string of the molecule is C.CC.CCC.COc1cccc(Nc2ncc3cc(Br)c(OC4CCN(C(=O)OC(C)(C)C)CC4)cc3n2)c1. The zero-order chi connectivity index (χ0) is 29.0. The Morgan fingerprint density at radius 1 is 1.12 bits per heavy atom. The number of hydrogen-bond donors (Lipinski definition) is 1. The zero-order valence-corrected chi connectivity index (χ0v) is 26.1. The minimum Gasteiger partial charge on any atom is -0.497 e. The summed E-state index contributed by atoms with van der Waals surface area (Å²) in [6.45, 7) is 15.1. The maximum absolute atomic E-state index is 12.3. The van der Waals surface area contributed by atoms with Gasteiger partial charge in [-0.05, 0) is 54.9 Å². The van der Waals surface area contributed by atoms with Crippen molar-refractivity contribution < 1.29 is 19.0 Å². The molecule has 0 bridgehead atoms. The van der Waals surface area contributed by atoms with E-state index >= 15 is 0 Å². The molecule has 1 aromatic heterocycles. The molecule has 1 N–H and O–H groups in total. The van der Waals surface area contributed by atoms with E-state index in [4.69, 9.17) is 14.2 Å². The van der Waals surface area contributed by atoms with Gasteiger partial charge < -0.3 is 24.4 Å². The molecule has 0 saturated carbocycles. The van der Waals surface area contributed by atoms with Crippen LogP contribution in [0.3, 0.4) is 0 Å². The number of carbonyl (C=O) groups is 1. The molecule has 222 valence electrons. The predicted molar refractivity (Wildman–Crippen MR) is 169 cm³/mol. The molecule has 1 aliphatic heterocycles. The van der Waals surface area contributed by atoms with Crippen molar-refractivity contribution in [1.29, 1.82) is 0 Å². The summed E-state index contributed by atoms with van der Waals surface area (Å²) in [4.78, 5) is 23.1. The van der Waals surface area contributed by atoms with E-state index in [9.17, 15) is 4.79 Å².